The zero-order valence-corrected chi connectivity index (χ0v) is 11.6. The molecule has 1 saturated heterocycles. The molecule has 0 aromatic rings. The fraction of sp³-hybridized carbons (Fsp3) is 0.857. The lowest BCUT2D eigenvalue weighted by molar-refractivity contribution is 0.0271. The zero-order chi connectivity index (χ0) is 12.9. The van der Waals surface area contributed by atoms with Crippen molar-refractivity contribution in [3.63, 3.8) is 0 Å². The Hall–Kier alpha value is -0.560. The molecular weight excluding hydrogens is 212 g/mol. The molecule has 1 heterocycles. The normalized spacial score (nSPS) is 25.2. The van der Waals surface area contributed by atoms with Crippen LogP contribution in [0.15, 0.2) is 0 Å². The summed E-state index contributed by atoms with van der Waals surface area (Å²) in [6.45, 7) is 9.13. The molecule has 2 unspecified atom stereocenters. The van der Waals surface area contributed by atoms with E-state index in [1.165, 1.54) is 0 Å². The van der Waals surface area contributed by atoms with Gasteiger partial charge in [-0.3, -0.25) is 4.90 Å². The molecule has 1 aliphatic rings. The van der Waals surface area contributed by atoms with Crippen LogP contribution in [0.4, 0.5) is 0 Å². The Morgan fingerprint density at radius 3 is 2.59 bits per heavy atom. The molecule has 0 amide bonds. The Labute approximate surface area is 106 Å². The maximum atomic E-state index is 6.00. The summed E-state index contributed by atoms with van der Waals surface area (Å²) in [6.07, 6.45) is 8.29. The largest absolute Gasteiger partial charge is 0.372 e. The van der Waals surface area contributed by atoms with Crippen LogP contribution in [0.3, 0.4) is 0 Å². The Bertz CT molecular complexity index is 264. The van der Waals surface area contributed by atoms with Crippen molar-refractivity contribution >= 4 is 0 Å². The second-order valence-electron chi connectivity index (χ2n) is 5.99. The van der Waals surface area contributed by atoms with Gasteiger partial charge in [0, 0.05) is 18.6 Å². The van der Waals surface area contributed by atoms with E-state index in [4.69, 9.17) is 11.2 Å². The van der Waals surface area contributed by atoms with Crippen molar-refractivity contribution in [3.05, 3.63) is 0 Å². The van der Waals surface area contributed by atoms with Crippen LogP contribution in [0, 0.1) is 12.3 Å². The first-order valence-corrected chi connectivity index (χ1v) is 6.43. The summed E-state index contributed by atoms with van der Waals surface area (Å²) in [6, 6.07) is 0. The minimum atomic E-state index is 0.168. The first-order valence-electron chi connectivity index (χ1n) is 6.43. The van der Waals surface area contributed by atoms with Crippen molar-refractivity contribution < 1.29 is 4.74 Å². The Morgan fingerprint density at radius 1 is 1.35 bits per heavy atom. The van der Waals surface area contributed by atoms with Gasteiger partial charge in [-0.2, -0.15) is 0 Å². The van der Waals surface area contributed by atoms with Crippen LogP contribution in [0.2, 0.25) is 0 Å². The van der Waals surface area contributed by atoms with E-state index >= 15 is 0 Å². The Kier molecular flexibility index (Phi) is 5.45. The highest BCUT2D eigenvalue weighted by Crippen LogP contribution is 2.20. The van der Waals surface area contributed by atoms with Gasteiger partial charge in [0.1, 0.15) is 0 Å². The SMILES string of the molecule is C#CCN(C)CC1CCC(CNC(C)(C)C)O1. The van der Waals surface area contributed by atoms with Crippen LogP contribution in [0.5, 0.6) is 0 Å². The van der Waals surface area contributed by atoms with Crippen molar-refractivity contribution in [2.75, 3.05) is 26.7 Å². The third-order valence-electron chi connectivity index (χ3n) is 2.93. The molecular formula is C14H26N2O. The first kappa shape index (κ1) is 14.5. The van der Waals surface area contributed by atoms with E-state index in [1.807, 2.05) is 7.05 Å². The second-order valence-corrected chi connectivity index (χ2v) is 5.99. The summed E-state index contributed by atoms with van der Waals surface area (Å²) in [4.78, 5) is 2.14. The molecule has 0 bridgehead atoms. The molecule has 1 aliphatic heterocycles. The van der Waals surface area contributed by atoms with Crippen molar-refractivity contribution in [3.8, 4) is 12.3 Å². The number of ether oxygens (including phenoxy) is 1. The average molecular weight is 238 g/mol. The lowest BCUT2D eigenvalue weighted by atomic mass is 10.1. The summed E-state index contributed by atoms with van der Waals surface area (Å²) in [5, 5.41) is 3.49. The van der Waals surface area contributed by atoms with E-state index in [1.54, 1.807) is 0 Å². The smallest absolute Gasteiger partial charge is 0.0707 e. The Balaban J connectivity index is 2.21. The fourth-order valence-electron chi connectivity index (χ4n) is 2.05. The predicted molar refractivity (Wildman–Crippen MR) is 72.0 cm³/mol. The third-order valence-corrected chi connectivity index (χ3v) is 2.93. The molecule has 3 heteroatoms. The van der Waals surface area contributed by atoms with Gasteiger partial charge in [0.25, 0.3) is 0 Å². The van der Waals surface area contributed by atoms with Gasteiger partial charge in [-0.25, -0.2) is 0 Å². The van der Waals surface area contributed by atoms with Crippen LogP contribution in [-0.2, 0) is 4.74 Å². The van der Waals surface area contributed by atoms with Crippen molar-refractivity contribution in [2.45, 2.75) is 51.4 Å². The first-order chi connectivity index (χ1) is 7.90. The summed E-state index contributed by atoms with van der Waals surface area (Å²) in [5.41, 5.74) is 0.168. The number of hydrogen-bond donors (Lipinski definition) is 1. The molecule has 0 aromatic heterocycles. The van der Waals surface area contributed by atoms with Crippen LogP contribution >= 0.6 is 0 Å². The highest BCUT2D eigenvalue weighted by Gasteiger charge is 2.26. The van der Waals surface area contributed by atoms with Crippen molar-refractivity contribution in [1.29, 1.82) is 0 Å². The van der Waals surface area contributed by atoms with Crippen molar-refractivity contribution in [1.82, 2.24) is 10.2 Å². The van der Waals surface area contributed by atoms with Gasteiger partial charge in [-0.05, 0) is 40.7 Å². The third kappa shape index (κ3) is 6.07. The summed E-state index contributed by atoms with van der Waals surface area (Å²) < 4.78 is 6.00. The van der Waals surface area contributed by atoms with Gasteiger partial charge < -0.3 is 10.1 Å². The molecule has 0 radical (unpaired) electrons. The maximum absolute atomic E-state index is 6.00. The molecule has 1 fully saturated rings. The minimum Gasteiger partial charge on any atom is -0.372 e. The molecule has 0 aliphatic carbocycles. The minimum absolute atomic E-state index is 0.168. The summed E-state index contributed by atoms with van der Waals surface area (Å²) in [5.74, 6) is 2.66. The van der Waals surface area contributed by atoms with E-state index in [2.05, 4.69) is 36.9 Å². The molecule has 98 valence electrons. The quantitative estimate of drug-likeness (QED) is 0.734. The van der Waals surface area contributed by atoms with Gasteiger partial charge in [-0.15, -0.1) is 6.42 Å². The standard InChI is InChI=1S/C14H26N2O/c1-6-9-16(5)11-13-8-7-12(17-13)10-15-14(2,3)4/h1,12-13,15H,7-11H2,2-5H3. The number of rotatable bonds is 5. The second kappa shape index (κ2) is 6.39. The average Bonchev–Trinajstić information content (AvgIpc) is 2.62. The van der Waals surface area contributed by atoms with Crippen LogP contribution in [-0.4, -0.2) is 49.3 Å². The van der Waals surface area contributed by atoms with Gasteiger partial charge >= 0.3 is 0 Å². The van der Waals surface area contributed by atoms with Crippen molar-refractivity contribution in [2.24, 2.45) is 0 Å². The fourth-order valence-corrected chi connectivity index (χ4v) is 2.05. The lowest BCUT2D eigenvalue weighted by Crippen LogP contribution is -2.41. The topological polar surface area (TPSA) is 24.5 Å². The zero-order valence-electron chi connectivity index (χ0n) is 11.6. The molecule has 0 aromatic carbocycles. The number of likely N-dealkylation sites (N-methyl/N-ethyl adjacent to an activating group) is 1. The monoisotopic (exact) mass is 238 g/mol. The van der Waals surface area contributed by atoms with E-state index in [9.17, 15) is 0 Å². The van der Waals surface area contributed by atoms with E-state index in [-0.39, 0.29) is 5.54 Å². The lowest BCUT2D eigenvalue weighted by Gasteiger charge is -2.24. The van der Waals surface area contributed by atoms with Gasteiger partial charge in [-0.1, -0.05) is 5.92 Å². The predicted octanol–water partition coefficient (Wildman–Crippen LogP) is 1.49. The molecule has 3 nitrogen and oxygen atoms in total. The van der Waals surface area contributed by atoms with Gasteiger partial charge in [0.05, 0.1) is 18.8 Å². The molecule has 0 saturated carbocycles. The molecule has 2 atom stereocenters. The highest BCUT2D eigenvalue weighted by molar-refractivity contribution is 4.88. The van der Waals surface area contributed by atoms with Crippen LogP contribution in [0.1, 0.15) is 33.6 Å². The number of nitrogens with one attached hydrogen (secondary N) is 1. The summed E-state index contributed by atoms with van der Waals surface area (Å²) in [7, 11) is 2.05. The number of hydrogen-bond acceptors (Lipinski definition) is 3. The highest BCUT2D eigenvalue weighted by atomic mass is 16.5. The van der Waals surface area contributed by atoms with Crippen LogP contribution in [0.25, 0.3) is 0 Å². The molecule has 1 rings (SSSR count). The van der Waals surface area contributed by atoms with E-state index < -0.39 is 0 Å². The number of terminal acetylenes is 1. The van der Waals surface area contributed by atoms with E-state index in [0.717, 1.165) is 25.9 Å². The molecule has 1 N–H and O–H groups in total. The molecule has 17 heavy (non-hydrogen) atoms. The maximum Gasteiger partial charge on any atom is 0.0707 e. The summed E-state index contributed by atoms with van der Waals surface area (Å²) >= 11 is 0. The van der Waals surface area contributed by atoms with E-state index in [0.29, 0.717) is 18.8 Å². The Morgan fingerprint density at radius 2 is 2.00 bits per heavy atom. The molecule has 0 spiro atoms. The number of nitrogens with zero attached hydrogens (tertiary/aromatic N) is 1. The van der Waals surface area contributed by atoms with Crippen LogP contribution < -0.4 is 5.32 Å². The van der Waals surface area contributed by atoms with Gasteiger partial charge in [0.2, 0.25) is 0 Å². The van der Waals surface area contributed by atoms with Gasteiger partial charge in [0.15, 0.2) is 0 Å².